The first-order valence-electron chi connectivity index (χ1n) is 8.48. The molecule has 1 aromatic heterocycles. The number of imide groups is 1. The predicted molar refractivity (Wildman–Crippen MR) is 104 cm³/mol. The molecule has 0 saturated heterocycles. The molecule has 2 heterocycles. The molecule has 1 aliphatic heterocycles. The second kappa shape index (κ2) is 6.86. The number of nitrogens with two attached hydrogens (primary N) is 1. The number of nitrogens with one attached hydrogen (secondary N) is 2. The molecule has 1 atom stereocenters. The van der Waals surface area contributed by atoms with Crippen molar-refractivity contribution in [2.45, 2.75) is 13.0 Å². The molecule has 0 bridgehead atoms. The van der Waals surface area contributed by atoms with Crippen molar-refractivity contribution < 1.29 is 19.4 Å². The summed E-state index contributed by atoms with van der Waals surface area (Å²) in [4.78, 5) is 45.6. The third-order valence-electron chi connectivity index (χ3n) is 4.39. The monoisotopic (exact) mass is 394 g/mol. The number of fused-ring (bicyclic) bond motifs is 2. The number of benzene rings is 2. The van der Waals surface area contributed by atoms with E-state index in [0.29, 0.717) is 5.13 Å². The number of para-hydroxylation sites is 1. The fraction of sp³-hybridized carbons (Fsp3) is 0.105. The van der Waals surface area contributed by atoms with E-state index in [9.17, 15) is 14.4 Å². The maximum Gasteiger partial charge on any atom is 0.312 e. The van der Waals surface area contributed by atoms with Gasteiger partial charge >= 0.3 is 5.96 Å². The van der Waals surface area contributed by atoms with E-state index in [2.05, 4.69) is 15.3 Å². The normalized spacial score (nSPS) is 15.0. The van der Waals surface area contributed by atoms with E-state index >= 15 is 0 Å². The van der Waals surface area contributed by atoms with E-state index in [1.165, 1.54) is 18.3 Å². The number of guanidine groups is 1. The van der Waals surface area contributed by atoms with E-state index in [4.69, 9.17) is 5.73 Å². The minimum Gasteiger partial charge on any atom is -0.310 e. The lowest BCUT2D eigenvalue weighted by Gasteiger charge is -2.19. The standard InChI is InChI=1S/C19H15N5O3S/c1-10(24-16(26)11-6-2-3-7-12(11)17(24)27)15(25)22-18(20)23-19-21-13-8-4-5-9-14(13)28-19/h2-10H,1H3,(H3,20,21,22,23,25)/p+1/t10-/m1/s1. The van der Waals surface area contributed by atoms with E-state index < -0.39 is 23.8 Å². The van der Waals surface area contributed by atoms with Gasteiger partial charge in [-0.3, -0.25) is 19.3 Å². The van der Waals surface area contributed by atoms with E-state index in [1.807, 2.05) is 24.3 Å². The third-order valence-corrected chi connectivity index (χ3v) is 5.34. The maximum atomic E-state index is 12.5. The van der Waals surface area contributed by atoms with Gasteiger partial charge in [0.15, 0.2) is 0 Å². The number of amides is 3. The Morgan fingerprint density at radius 3 is 2.36 bits per heavy atom. The van der Waals surface area contributed by atoms with Crippen molar-refractivity contribution in [2.24, 2.45) is 5.73 Å². The quantitative estimate of drug-likeness (QED) is 0.331. The minimum atomic E-state index is -1.02. The van der Waals surface area contributed by atoms with Crippen LogP contribution in [0, 0.1) is 0 Å². The summed E-state index contributed by atoms with van der Waals surface area (Å²) in [6.45, 7) is 1.47. The van der Waals surface area contributed by atoms with Crippen LogP contribution in [0.25, 0.3) is 10.2 Å². The van der Waals surface area contributed by atoms with Gasteiger partial charge in [0.1, 0.15) is 11.6 Å². The summed E-state index contributed by atoms with van der Waals surface area (Å²) in [6.07, 6.45) is 0. The molecule has 0 fully saturated rings. The smallest absolute Gasteiger partial charge is 0.310 e. The molecule has 8 nitrogen and oxygen atoms in total. The van der Waals surface area contributed by atoms with Gasteiger partial charge in [0.05, 0.1) is 15.8 Å². The molecular formula is C19H16N5O3S+. The summed E-state index contributed by atoms with van der Waals surface area (Å²) < 4.78 is 0.975. The van der Waals surface area contributed by atoms with Crippen LogP contribution in [0.2, 0.25) is 0 Å². The fourth-order valence-electron chi connectivity index (χ4n) is 2.99. The predicted octanol–water partition coefficient (Wildman–Crippen LogP) is 0.124. The van der Waals surface area contributed by atoms with Gasteiger partial charge in [-0.1, -0.05) is 35.6 Å². The van der Waals surface area contributed by atoms with Crippen molar-refractivity contribution in [1.29, 1.82) is 0 Å². The molecule has 1 aliphatic rings. The van der Waals surface area contributed by atoms with Gasteiger partial charge in [0.2, 0.25) is 0 Å². The van der Waals surface area contributed by atoms with Gasteiger partial charge in [-0.2, -0.15) is 0 Å². The summed E-state index contributed by atoms with van der Waals surface area (Å²) in [5, 5.41) is 3.00. The lowest BCUT2D eigenvalue weighted by atomic mass is 10.1. The number of carbonyl (C=O) groups excluding carboxylic acids is 3. The van der Waals surface area contributed by atoms with Gasteiger partial charge in [-0.05, 0) is 31.2 Å². The van der Waals surface area contributed by atoms with Crippen molar-refractivity contribution in [2.75, 3.05) is 0 Å². The Morgan fingerprint density at radius 2 is 1.71 bits per heavy atom. The zero-order valence-electron chi connectivity index (χ0n) is 14.8. The number of hydrogen-bond donors (Lipinski definition) is 3. The van der Waals surface area contributed by atoms with Crippen molar-refractivity contribution in [3.63, 3.8) is 0 Å². The summed E-state index contributed by atoms with van der Waals surface area (Å²) in [5.74, 6) is -1.62. The van der Waals surface area contributed by atoms with Crippen molar-refractivity contribution in [3.8, 4) is 0 Å². The van der Waals surface area contributed by atoms with Gasteiger partial charge in [-0.25, -0.2) is 10.3 Å². The molecule has 3 aromatic rings. The largest absolute Gasteiger partial charge is 0.312 e. The highest BCUT2D eigenvalue weighted by Crippen LogP contribution is 2.24. The Bertz CT molecular complexity index is 1090. The summed E-state index contributed by atoms with van der Waals surface area (Å²) in [6, 6.07) is 13.0. The first-order chi connectivity index (χ1) is 13.5. The van der Waals surface area contributed by atoms with Crippen LogP contribution in [0.3, 0.4) is 0 Å². The van der Waals surface area contributed by atoms with Crippen LogP contribution in [-0.2, 0) is 4.79 Å². The molecule has 28 heavy (non-hydrogen) atoms. The molecule has 9 heteroatoms. The molecule has 4 N–H and O–H groups in total. The van der Waals surface area contributed by atoms with Gasteiger partial charge in [-0.15, -0.1) is 4.98 Å². The third kappa shape index (κ3) is 3.01. The van der Waals surface area contributed by atoms with Crippen molar-refractivity contribution in [3.05, 3.63) is 59.7 Å². The average molecular weight is 394 g/mol. The van der Waals surface area contributed by atoms with Gasteiger partial charge in [0.25, 0.3) is 22.9 Å². The number of aromatic nitrogens is 1. The van der Waals surface area contributed by atoms with Gasteiger partial charge in [0, 0.05) is 0 Å². The molecule has 3 amide bonds. The number of nitrogens with zero attached hydrogens (tertiary/aromatic N) is 2. The molecule has 2 aromatic carbocycles. The molecule has 0 spiro atoms. The zero-order chi connectivity index (χ0) is 19.8. The van der Waals surface area contributed by atoms with Crippen LogP contribution in [0.1, 0.15) is 27.6 Å². The summed E-state index contributed by atoms with van der Waals surface area (Å²) in [5.41, 5.74) is 7.26. The Labute approximate surface area is 163 Å². The van der Waals surface area contributed by atoms with E-state index in [1.54, 1.807) is 24.3 Å². The minimum absolute atomic E-state index is 0.0347. The molecule has 0 saturated carbocycles. The first kappa shape index (κ1) is 17.8. The highest BCUT2D eigenvalue weighted by molar-refractivity contribution is 7.21. The molecule has 0 aliphatic carbocycles. The summed E-state index contributed by atoms with van der Waals surface area (Å²) >= 11 is 1.39. The Kier molecular flexibility index (Phi) is 4.36. The number of carbonyl (C=O) groups is 3. The highest BCUT2D eigenvalue weighted by atomic mass is 32.1. The van der Waals surface area contributed by atoms with Crippen LogP contribution >= 0.6 is 11.3 Å². The molecule has 0 unspecified atom stereocenters. The first-order valence-corrected chi connectivity index (χ1v) is 9.30. The van der Waals surface area contributed by atoms with E-state index in [0.717, 1.165) is 15.1 Å². The number of rotatable bonds is 3. The van der Waals surface area contributed by atoms with E-state index in [-0.39, 0.29) is 17.1 Å². The van der Waals surface area contributed by atoms with Crippen LogP contribution in [0.4, 0.5) is 5.13 Å². The SMILES string of the molecule is C[C@H](C(=O)NC(N)=[NH+]c1nc2ccccc2s1)N1C(=O)c2ccccc2C1=O. The number of hydrogen-bond acceptors (Lipinski definition) is 5. The molecule has 4 rings (SSSR count). The van der Waals surface area contributed by atoms with Crippen LogP contribution in [0.5, 0.6) is 0 Å². The Morgan fingerprint density at radius 1 is 1.11 bits per heavy atom. The second-order valence-electron chi connectivity index (χ2n) is 6.22. The lowest BCUT2D eigenvalue weighted by Crippen LogP contribution is -2.74. The van der Waals surface area contributed by atoms with Crippen molar-refractivity contribution in [1.82, 2.24) is 15.2 Å². The van der Waals surface area contributed by atoms with Crippen LogP contribution < -0.4 is 16.0 Å². The topological polar surface area (TPSA) is 119 Å². The molecule has 0 radical (unpaired) electrons. The highest BCUT2D eigenvalue weighted by Gasteiger charge is 2.41. The van der Waals surface area contributed by atoms with Gasteiger partial charge < -0.3 is 5.73 Å². The zero-order valence-corrected chi connectivity index (χ0v) is 15.6. The maximum absolute atomic E-state index is 12.5. The van der Waals surface area contributed by atoms with Crippen LogP contribution in [-0.4, -0.2) is 39.6 Å². The Balaban J connectivity index is 1.50. The van der Waals surface area contributed by atoms with Crippen LogP contribution in [0.15, 0.2) is 48.5 Å². The Hall–Kier alpha value is -3.59. The second-order valence-corrected chi connectivity index (χ2v) is 7.25. The van der Waals surface area contributed by atoms with Crippen molar-refractivity contribution >= 4 is 50.4 Å². The fourth-order valence-corrected chi connectivity index (χ4v) is 3.86. The lowest BCUT2D eigenvalue weighted by molar-refractivity contribution is -0.357. The summed E-state index contributed by atoms with van der Waals surface area (Å²) in [7, 11) is 0. The molecule has 140 valence electrons. The molecular weight excluding hydrogens is 378 g/mol. The number of thiazole rings is 1. The average Bonchev–Trinajstić information content (AvgIpc) is 3.19.